The first kappa shape index (κ1) is 19.2. The van der Waals surface area contributed by atoms with Crippen LogP contribution in [0.3, 0.4) is 0 Å². The molecule has 0 unspecified atom stereocenters. The van der Waals surface area contributed by atoms with E-state index in [1.807, 2.05) is 66.0 Å². The summed E-state index contributed by atoms with van der Waals surface area (Å²) in [7, 11) is 0. The van der Waals surface area contributed by atoms with E-state index in [9.17, 15) is 9.90 Å². The minimum absolute atomic E-state index is 0.0634. The molecule has 0 fully saturated rings. The van der Waals surface area contributed by atoms with E-state index in [2.05, 4.69) is 18.6 Å². The van der Waals surface area contributed by atoms with Gasteiger partial charge in [-0.15, -0.1) is 23.5 Å². The molecule has 0 aliphatic carbocycles. The van der Waals surface area contributed by atoms with Crippen LogP contribution in [0.1, 0.15) is 35.4 Å². The van der Waals surface area contributed by atoms with E-state index in [1.165, 1.54) is 5.56 Å². The number of hydrogen-bond donors (Lipinski definition) is 1. The molecular weight excluding hydrogens is 364 g/mol. The van der Waals surface area contributed by atoms with Crippen molar-refractivity contribution in [3.63, 3.8) is 0 Å². The standard InChI is InChI=1S/C21H24O3S2/c1-25-21(26-2)12-13-24-19-11-9-16(14-18(19)21)17(20(22)23)10-8-15-6-4-3-5-7-15/h3-7,9,11,14,17H,8,10,12-13H2,1-2H3,(H,22,23)/t17-/m0/s1. The molecule has 1 heterocycles. The average molecular weight is 389 g/mol. The van der Waals surface area contributed by atoms with Crippen molar-refractivity contribution in [2.75, 3.05) is 19.1 Å². The second kappa shape index (κ2) is 8.40. The lowest BCUT2D eigenvalue weighted by molar-refractivity contribution is -0.138. The van der Waals surface area contributed by atoms with E-state index in [1.54, 1.807) is 0 Å². The lowest BCUT2D eigenvalue weighted by Gasteiger charge is -2.36. The van der Waals surface area contributed by atoms with Gasteiger partial charge in [-0.3, -0.25) is 4.79 Å². The molecule has 1 aliphatic heterocycles. The van der Waals surface area contributed by atoms with Gasteiger partial charge < -0.3 is 9.84 Å². The summed E-state index contributed by atoms with van der Waals surface area (Å²) in [6, 6.07) is 16.0. The highest BCUT2D eigenvalue weighted by Crippen LogP contribution is 2.53. The van der Waals surface area contributed by atoms with Crippen LogP contribution in [0.5, 0.6) is 5.75 Å². The quantitative estimate of drug-likeness (QED) is 0.665. The maximum Gasteiger partial charge on any atom is 0.310 e. The van der Waals surface area contributed by atoms with Gasteiger partial charge in [-0.1, -0.05) is 36.4 Å². The van der Waals surface area contributed by atoms with E-state index in [-0.39, 0.29) is 4.08 Å². The largest absolute Gasteiger partial charge is 0.493 e. The highest BCUT2D eigenvalue weighted by molar-refractivity contribution is 8.16. The van der Waals surface area contributed by atoms with Crippen molar-refractivity contribution >= 4 is 29.5 Å². The first-order valence-electron chi connectivity index (χ1n) is 8.74. The highest BCUT2D eigenvalue weighted by Gasteiger charge is 2.37. The molecule has 0 radical (unpaired) electrons. The number of carboxylic acid groups (broad SMARTS) is 1. The first-order chi connectivity index (χ1) is 12.6. The Morgan fingerprint density at radius 3 is 2.58 bits per heavy atom. The third-order valence-electron chi connectivity index (χ3n) is 5.03. The van der Waals surface area contributed by atoms with E-state index >= 15 is 0 Å². The molecule has 5 heteroatoms. The molecule has 0 spiro atoms. The smallest absolute Gasteiger partial charge is 0.310 e. The minimum atomic E-state index is -0.767. The first-order valence-corrected chi connectivity index (χ1v) is 11.2. The number of benzene rings is 2. The normalized spacial score (nSPS) is 16.4. The zero-order chi connectivity index (χ0) is 18.6. The van der Waals surface area contributed by atoms with Gasteiger partial charge in [-0.2, -0.15) is 0 Å². The molecule has 1 atom stereocenters. The Bertz CT molecular complexity index is 757. The van der Waals surface area contributed by atoms with Gasteiger partial charge in [0, 0.05) is 12.0 Å². The van der Waals surface area contributed by atoms with Gasteiger partial charge in [0.05, 0.1) is 16.6 Å². The maximum atomic E-state index is 11.9. The average Bonchev–Trinajstić information content (AvgIpc) is 2.68. The third-order valence-corrected chi connectivity index (χ3v) is 8.19. The Hall–Kier alpha value is -1.59. The fourth-order valence-corrected chi connectivity index (χ4v) is 5.51. The molecule has 2 aromatic carbocycles. The molecule has 0 saturated carbocycles. The number of fused-ring (bicyclic) bond motifs is 1. The number of thioether (sulfide) groups is 2. The van der Waals surface area contributed by atoms with E-state index in [0.717, 1.165) is 29.7 Å². The molecule has 1 N–H and O–H groups in total. The number of rotatable bonds is 7. The molecule has 2 aromatic rings. The van der Waals surface area contributed by atoms with Crippen LogP contribution < -0.4 is 4.74 Å². The van der Waals surface area contributed by atoms with Crippen molar-refractivity contribution < 1.29 is 14.6 Å². The monoisotopic (exact) mass is 388 g/mol. The second-order valence-corrected chi connectivity index (χ2v) is 8.90. The van der Waals surface area contributed by atoms with Crippen molar-refractivity contribution in [2.24, 2.45) is 0 Å². The summed E-state index contributed by atoms with van der Waals surface area (Å²) < 4.78 is 5.77. The lowest BCUT2D eigenvalue weighted by Crippen LogP contribution is -2.27. The number of ether oxygens (including phenoxy) is 1. The number of aryl methyl sites for hydroxylation is 1. The van der Waals surface area contributed by atoms with Gasteiger partial charge in [0.2, 0.25) is 0 Å². The number of hydrogen-bond acceptors (Lipinski definition) is 4. The van der Waals surface area contributed by atoms with Crippen LogP contribution in [0.15, 0.2) is 48.5 Å². The maximum absolute atomic E-state index is 11.9. The van der Waals surface area contributed by atoms with E-state index in [4.69, 9.17) is 4.74 Å². The topological polar surface area (TPSA) is 46.5 Å². The van der Waals surface area contributed by atoms with Crippen molar-refractivity contribution in [1.82, 2.24) is 0 Å². The Morgan fingerprint density at radius 1 is 1.19 bits per heavy atom. The second-order valence-electron chi connectivity index (χ2n) is 6.43. The van der Waals surface area contributed by atoms with Crippen molar-refractivity contribution in [1.29, 1.82) is 0 Å². The van der Waals surface area contributed by atoms with E-state index in [0.29, 0.717) is 13.0 Å². The predicted molar refractivity (Wildman–Crippen MR) is 110 cm³/mol. The van der Waals surface area contributed by atoms with Crippen molar-refractivity contribution in [2.45, 2.75) is 29.3 Å². The molecule has 0 saturated heterocycles. The molecule has 1 aliphatic rings. The van der Waals surface area contributed by atoms with Gasteiger partial charge in [-0.25, -0.2) is 0 Å². The molecule has 0 bridgehead atoms. The molecular formula is C21H24O3S2. The third kappa shape index (κ3) is 3.89. The number of carbonyl (C=O) groups is 1. The Labute approximate surface area is 163 Å². The van der Waals surface area contributed by atoms with E-state index < -0.39 is 11.9 Å². The highest BCUT2D eigenvalue weighted by atomic mass is 32.2. The fourth-order valence-electron chi connectivity index (χ4n) is 3.51. The van der Waals surface area contributed by atoms with Gasteiger partial charge in [0.15, 0.2) is 0 Å². The zero-order valence-electron chi connectivity index (χ0n) is 15.1. The fraction of sp³-hybridized carbons (Fsp3) is 0.381. The SMILES string of the molecule is CSC1(SC)CCOc2ccc([C@H](CCc3ccccc3)C(=O)O)cc21. The minimum Gasteiger partial charge on any atom is -0.493 e. The Kier molecular flexibility index (Phi) is 6.20. The van der Waals surface area contributed by atoms with Crippen LogP contribution >= 0.6 is 23.5 Å². The summed E-state index contributed by atoms with van der Waals surface area (Å²) in [6.45, 7) is 0.699. The molecule has 0 aromatic heterocycles. The predicted octanol–water partition coefficient (Wildman–Crippen LogP) is 5.15. The summed E-state index contributed by atoms with van der Waals surface area (Å²) in [4.78, 5) is 11.9. The van der Waals surface area contributed by atoms with Crippen LogP contribution in [0.2, 0.25) is 0 Å². The van der Waals surface area contributed by atoms with Crippen LogP contribution in [-0.2, 0) is 15.3 Å². The summed E-state index contributed by atoms with van der Waals surface area (Å²) in [5, 5.41) is 9.81. The van der Waals surface area contributed by atoms with Gasteiger partial charge in [0.1, 0.15) is 5.75 Å². The lowest BCUT2D eigenvalue weighted by atomic mass is 9.90. The molecule has 138 valence electrons. The molecule has 0 amide bonds. The van der Waals surface area contributed by atoms with Gasteiger partial charge in [0.25, 0.3) is 0 Å². The molecule has 3 rings (SSSR count). The van der Waals surface area contributed by atoms with Crippen LogP contribution in [0, 0.1) is 0 Å². The Balaban J connectivity index is 1.89. The summed E-state index contributed by atoms with van der Waals surface area (Å²) in [5.74, 6) is -0.392. The molecule has 26 heavy (non-hydrogen) atoms. The summed E-state index contributed by atoms with van der Waals surface area (Å²) in [5.41, 5.74) is 3.15. The zero-order valence-corrected chi connectivity index (χ0v) is 16.7. The van der Waals surface area contributed by atoms with Crippen molar-refractivity contribution in [3.8, 4) is 5.75 Å². The summed E-state index contributed by atoms with van der Waals surface area (Å²) >= 11 is 3.62. The number of carboxylic acids is 1. The summed E-state index contributed by atoms with van der Waals surface area (Å²) in [6.07, 6.45) is 6.49. The van der Waals surface area contributed by atoms with Gasteiger partial charge in [-0.05, 0) is 48.6 Å². The van der Waals surface area contributed by atoms with Crippen molar-refractivity contribution in [3.05, 3.63) is 65.2 Å². The van der Waals surface area contributed by atoms with Crippen LogP contribution in [-0.4, -0.2) is 30.2 Å². The van der Waals surface area contributed by atoms with Gasteiger partial charge >= 0.3 is 5.97 Å². The van der Waals surface area contributed by atoms with Crippen LogP contribution in [0.25, 0.3) is 0 Å². The number of aliphatic carboxylic acids is 1. The Morgan fingerprint density at radius 2 is 1.92 bits per heavy atom. The van der Waals surface area contributed by atoms with Crippen LogP contribution in [0.4, 0.5) is 0 Å². The molecule has 3 nitrogen and oxygen atoms in total.